The van der Waals surface area contributed by atoms with Gasteiger partial charge in [-0.25, -0.2) is 0 Å². The zero-order chi connectivity index (χ0) is 14.9. The largest absolute Gasteiger partial charge is 0.444 e. The SMILES string of the molecule is O[P+](O)(OC1(C(Cl)(Cl)Cl)CCCCC1)c1ccccc1. The third kappa shape index (κ3) is 3.59. The summed E-state index contributed by atoms with van der Waals surface area (Å²) in [6.45, 7) is 0. The Morgan fingerprint density at radius 2 is 1.55 bits per heavy atom. The summed E-state index contributed by atoms with van der Waals surface area (Å²) < 4.78 is 3.95. The fourth-order valence-electron chi connectivity index (χ4n) is 2.47. The van der Waals surface area contributed by atoms with Gasteiger partial charge in [-0.1, -0.05) is 72.3 Å². The molecule has 1 aliphatic carbocycles. The van der Waals surface area contributed by atoms with Crippen LogP contribution in [0.2, 0.25) is 0 Å². The van der Waals surface area contributed by atoms with Crippen molar-refractivity contribution >= 4 is 48.1 Å². The van der Waals surface area contributed by atoms with Gasteiger partial charge in [0.15, 0.2) is 10.9 Å². The molecule has 2 rings (SSSR count). The quantitative estimate of drug-likeness (QED) is 0.630. The van der Waals surface area contributed by atoms with Crippen LogP contribution >= 0.6 is 42.7 Å². The molecule has 1 saturated carbocycles. The normalized spacial score (nSPS) is 19.9. The van der Waals surface area contributed by atoms with Crippen LogP contribution in [0.25, 0.3) is 0 Å². The van der Waals surface area contributed by atoms with Gasteiger partial charge in [0.25, 0.3) is 0 Å². The van der Waals surface area contributed by atoms with Crippen LogP contribution in [-0.4, -0.2) is 19.2 Å². The van der Waals surface area contributed by atoms with Gasteiger partial charge in [0.05, 0.1) is 0 Å². The molecule has 7 heteroatoms. The second kappa shape index (κ2) is 6.26. The summed E-state index contributed by atoms with van der Waals surface area (Å²) in [5, 5.41) is 0.319. The maximum atomic E-state index is 10.3. The average molecular weight is 359 g/mol. The fourth-order valence-corrected chi connectivity index (χ4v) is 4.78. The Hall–Kier alpha value is 0.400. The highest BCUT2D eigenvalue weighted by molar-refractivity contribution is 7.67. The van der Waals surface area contributed by atoms with E-state index in [2.05, 4.69) is 0 Å². The third-order valence-electron chi connectivity index (χ3n) is 3.57. The van der Waals surface area contributed by atoms with Crippen LogP contribution in [0.3, 0.4) is 0 Å². The Kier molecular flexibility index (Phi) is 5.24. The van der Waals surface area contributed by atoms with E-state index in [9.17, 15) is 9.79 Å². The van der Waals surface area contributed by atoms with E-state index in [1.54, 1.807) is 30.3 Å². The lowest BCUT2D eigenvalue weighted by Gasteiger charge is -2.40. The minimum absolute atomic E-state index is 0.319. The molecule has 1 aromatic rings. The first kappa shape index (κ1) is 16.8. The Bertz CT molecular complexity index is 442. The Morgan fingerprint density at radius 1 is 1.00 bits per heavy atom. The maximum absolute atomic E-state index is 10.3. The smallest absolute Gasteiger partial charge is 0.188 e. The van der Waals surface area contributed by atoms with Gasteiger partial charge in [-0.15, -0.1) is 0 Å². The fraction of sp³-hybridized carbons (Fsp3) is 0.538. The van der Waals surface area contributed by atoms with Crippen LogP contribution in [-0.2, 0) is 4.52 Å². The van der Waals surface area contributed by atoms with Crippen LogP contribution in [0.1, 0.15) is 32.1 Å². The van der Waals surface area contributed by atoms with E-state index in [-0.39, 0.29) is 0 Å². The van der Waals surface area contributed by atoms with Crippen molar-refractivity contribution in [1.29, 1.82) is 0 Å². The van der Waals surface area contributed by atoms with Crippen LogP contribution in [0.5, 0.6) is 0 Å². The van der Waals surface area contributed by atoms with Crippen molar-refractivity contribution in [2.24, 2.45) is 0 Å². The molecule has 0 atom stereocenters. The lowest BCUT2D eigenvalue weighted by Crippen LogP contribution is -2.47. The second-order valence-corrected chi connectivity index (χ2v) is 9.09. The van der Waals surface area contributed by atoms with Gasteiger partial charge in [0.1, 0.15) is 0 Å². The highest BCUT2D eigenvalue weighted by Crippen LogP contribution is 2.61. The lowest BCUT2D eigenvalue weighted by molar-refractivity contribution is 0.0167. The number of benzene rings is 1. The van der Waals surface area contributed by atoms with Crippen molar-refractivity contribution in [1.82, 2.24) is 0 Å². The van der Waals surface area contributed by atoms with Crippen LogP contribution in [0.15, 0.2) is 30.3 Å². The topological polar surface area (TPSA) is 49.7 Å². The van der Waals surface area contributed by atoms with Crippen molar-refractivity contribution in [3.05, 3.63) is 30.3 Å². The maximum Gasteiger partial charge on any atom is 0.444 e. The predicted molar refractivity (Wildman–Crippen MR) is 84.6 cm³/mol. The second-order valence-electron chi connectivity index (χ2n) is 5.02. The minimum atomic E-state index is -3.78. The molecule has 112 valence electrons. The van der Waals surface area contributed by atoms with Gasteiger partial charge < -0.3 is 0 Å². The molecular formula is C13H17Cl3O3P+. The molecule has 0 aliphatic heterocycles. The summed E-state index contributed by atoms with van der Waals surface area (Å²) in [5.74, 6) is 0. The summed E-state index contributed by atoms with van der Waals surface area (Å²) in [6, 6.07) is 8.41. The summed E-state index contributed by atoms with van der Waals surface area (Å²) in [6.07, 6.45) is 3.70. The lowest BCUT2D eigenvalue weighted by atomic mass is 9.86. The molecule has 1 aliphatic rings. The molecule has 0 unspecified atom stereocenters. The van der Waals surface area contributed by atoms with E-state index in [1.165, 1.54) is 0 Å². The van der Waals surface area contributed by atoms with E-state index in [4.69, 9.17) is 39.3 Å². The van der Waals surface area contributed by atoms with E-state index >= 15 is 0 Å². The van der Waals surface area contributed by atoms with Crippen LogP contribution < -0.4 is 5.30 Å². The van der Waals surface area contributed by atoms with Gasteiger partial charge >= 0.3 is 7.94 Å². The number of hydrogen-bond donors (Lipinski definition) is 2. The summed E-state index contributed by atoms with van der Waals surface area (Å²) in [7, 11) is -3.78. The Morgan fingerprint density at radius 3 is 2.05 bits per heavy atom. The van der Waals surface area contributed by atoms with Crippen molar-refractivity contribution in [3.8, 4) is 0 Å². The van der Waals surface area contributed by atoms with E-state index in [0.29, 0.717) is 18.1 Å². The highest BCUT2D eigenvalue weighted by Gasteiger charge is 2.59. The number of halogens is 3. The molecule has 0 amide bonds. The highest BCUT2D eigenvalue weighted by atomic mass is 35.6. The first-order valence-electron chi connectivity index (χ1n) is 6.45. The van der Waals surface area contributed by atoms with E-state index < -0.39 is 17.3 Å². The molecule has 0 aromatic heterocycles. The predicted octanol–water partition coefficient (Wildman–Crippen LogP) is 4.15. The average Bonchev–Trinajstić information content (AvgIpc) is 2.39. The van der Waals surface area contributed by atoms with Gasteiger partial charge in [-0.05, 0) is 25.0 Å². The standard InChI is InChI=1S/C13H17Cl3O3P/c14-13(15,16)12(9-5-2-6-10-12)19-20(17,18)11-7-3-1-4-8-11/h1,3-4,7-8,17-18H,2,5-6,9-10H2/q+1. The van der Waals surface area contributed by atoms with Crippen molar-refractivity contribution in [2.45, 2.75) is 41.5 Å². The van der Waals surface area contributed by atoms with Gasteiger partial charge in [-0.3, -0.25) is 0 Å². The first-order chi connectivity index (χ1) is 9.27. The Labute approximate surface area is 134 Å². The Balaban J connectivity index is 2.28. The number of rotatable bonds is 3. The molecule has 0 bridgehead atoms. The molecular weight excluding hydrogens is 341 g/mol. The number of alkyl halides is 3. The van der Waals surface area contributed by atoms with Gasteiger partial charge in [0.2, 0.25) is 3.79 Å². The van der Waals surface area contributed by atoms with E-state index in [0.717, 1.165) is 19.3 Å². The molecule has 0 heterocycles. The van der Waals surface area contributed by atoms with Crippen LogP contribution in [0, 0.1) is 0 Å². The number of hydrogen-bond acceptors (Lipinski definition) is 3. The summed E-state index contributed by atoms with van der Waals surface area (Å²) in [4.78, 5) is 20.7. The third-order valence-corrected chi connectivity index (χ3v) is 6.18. The minimum Gasteiger partial charge on any atom is -0.188 e. The molecule has 0 saturated heterocycles. The molecule has 20 heavy (non-hydrogen) atoms. The van der Waals surface area contributed by atoms with Crippen LogP contribution in [0.4, 0.5) is 0 Å². The zero-order valence-electron chi connectivity index (χ0n) is 10.8. The first-order valence-corrected chi connectivity index (χ1v) is 9.19. The zero-order valence-corrected chi connectivity index (χ0v) is 14.0. The molecule has 0 radical (unpaired) electrons. The summed E-state index contributed by atoms with van der Waals surface area (Å²) in [5.41, 5.74) is -1.15. The molecule has 1 aromatic carbocycles. The molecule has 0 spiro atoms. The van der Waals surface area contributed by atoms with Crippen molar-refractivity contribution in [2.75, 3.05) is 0 Å². The summed E-state index contributed by atoms with van der Waals surface area (Å²) >= 11 is 18.2. The van der Waals surface area contributed by atoms with Crippen molar-refractivity contribution < 1.29 is 14.3 Å². The van der Waals surface area contributed by atoms with Gasteiger partial charge in [-0.2, -0.15) is 14.3 Å². The molecule has 2 N–H and O–H groups in total. The van der Waals surface area contributed by atoms with Crippen molar-refractivity contribution in [3.63, 3.8) is 0 Å². The molecule has 3 nitrogen and oxygen atoms in total. The van der Waals surface area contributed by atoms with E-state index in [1.807, 2.05) is 0 Å². The van der Waals surface area contributed by atoms with Gasteiger partial charge in [0, 0.05) is 0 Å². The monoisotopic (exact) mass is 357 g/mol. The molecule has 1 fully saturated rings.